The van der Waals surface area contributed by atoms with Crippen LogP contribution in [0.15, 0.2) is 23.2 Å². The SMILES string of the molecule is C=Nc1ccc(OC(C)C)c(Cl)c1.CC.CC.COC(=O)[C@@H](C)CN(C)C(=O)NCNC=O. The maximum atomic E-state index is 11.4. The van der Waals surface area contributed by atoms with Gasteiger partial charge in [0.1, 0.15) is 5.75 Å². The first kappa shape index (κ1) is 34.8. The fraction of sp³-hybridized carbons (Fsp3) is 0.565. The van der Waals surface area contributed by atoms with Crippen LogP contribution >= 0.6 is 11.6 Å². The summed E-state index contributed by atoms with van der Waals surface area (Å²) in [4.78, 5) is 37.5. The molecule has 0 saturated carbocycles. The number of carbonyl (C=O) groups excluding carboxylic acids is 3. The van der Waals surface area contributed by atoms with Crippen LogP contribution in [0.25, 0.3) is 0 Å². The van der Waals surface area contributed by atoms with Crippen LogP contribution in [0.1, 0.15) is 48.5 Å². The molecule has 0 bridgehead atoms. The standard InChI is InChI=1S/C10H12ClNO.C9H17N3O4.2C2H6/c1-7(2)13-10-5-4-8(12-3)6-9(10)11;1-7(8(14)16-3)4-12(2)9(15)11-5-10-6-13;2*1-2/h4-7H,3H2,1-2H3;6-7H,4-5H2,1-3H3,(H,10,13)(H,11,15);2*1-2H3/t;7-;;/m.0../s1. The van der Waals surface area contributed by atoms with Gasteiger partial charge in [0.2, 0.25) is 6.41 Å². The Balaban J connectivity index is -0.000000479. The quantitative estimate of drug-likeness (QED) is 0.173. The van der Waals surface area contributed by atoms with Gasteiger partial charge in [0, 0.05) is 13.6 Å². The lowest BCUT2D eigenvalue weighted by molar-refractivity contribution is -0.145. The Morgan fingerprint density at radius 3 is 2.21 bits per heavy atom. The number of benzene rings is 1. The molecule has 1 aromatic rings. The van der Waals surface area contributed by atoms with E-state index in [0.29, 0.717) is 17.2 Å². The normalized spacial score (nSPS) is 9.79. The summed E-state index contributed by atoms with van der Waals surface area (Å²) in [5.41, 5.74) is 0.751. The Kier molecular flexibility index (Phi) is 23.6. The first-order chi connectivity index (χ1) is 15.7. The predicted octanol–water partition coefficient (Wildman–Crippen LogP) is 4.65. The fourth-order valence-corrected chi connectivity index (χ4v) is 2.23. The first-order valence-electron chi connectivity index (χ1n) is 10.8. The van der Waals surface area contributed by atoms with Crippen LogP contribution < -0.4 is 15.4 Å². The van der Waals surface area contributed by atoms with Crippen molar-refractivity contribution in [1.29, 1.82) is 0 Å². The highest BCUT2D eigenvalue weighted by molar-refractivity contribution is 6.32. The minimum Gasteiger partial charge on any atom is -0.489 e. The lowest BCUT2D eigenvalue weighted by Gasteiger charge is -2.20. The number of amides is 3. The van der Waals surface area contributed by atoms with Gasteiger partial charge in [0.15, 0.2) is 0 Å². The van der Waals surface area contributed by atoms with Crippen LogP contribution in [0, 0.1) is 5.92 Å². The molecule has 33 heavy (non-hydrogen) atoms. The molecule has 0 unspecified atom stereocenters. The second-order valence-electron chi connectivity index (χ2n) is 6.22. The van der Waals surface area contributed by atoms with Crippen molar-refractivity contribution in [3.8, 4) is 5.75 Å². The van der Waals surface area contributed by atoms with Crippen molar-refractivity contribution in [2.24, 2.45) is 10.9 Å². The summed E-state index contributed by atoms with van der Waals surface area (Å²) in [6, 6.07) is 4.97. The van der Waals surface area contributed by atoms with Gasteiger partial charge in [-0.3, -0.25) is 14.6 Å². The average Bonchev–Trinajstić information content (AvgIpc) is 2.82. The number of hydrogen-bond acceptors (Lipinski definition) is 6. The molecule has 0 aliphatic rings. The van der Waals surface area contributed by atoms with E-state index in [4.69, 9.17) is 16.3 Å². The van der Waals surface area contributed by atoms with E-state index in [1.54, 1.807) is 26.1 Å². The second kappa shape index (κ2) is 22.4. The molecule has 2 N–H and O–H groups in total. The predicted molar refractivity (Wildman–Crippen MR) is 136 cm³/mol. The Hall–Kier alpha value is -2.81. The van der Waals surface area contributed by atoms with Crippen LogP contribution in [0.4, 0.5) is 10.5 Å². The summed E-state index contributed by atoms with van der Waals surface area (Å²) in [5, 5.41) is 5.30. The molecule has 0 heterocycles. The van der Waals surface area contributed by atoms with Crippen LogP contribution in [-0.4, -0.2) is 63.5 Å². The third-order valence-corrected chi connectivity index (χ3v) is 3.68. The number of carbonyl (C=O) groups is 3. The average molecular weight is 489 g/mol. The molecule has 0 fully saturated rings. The van der Waals surface area contributed by atoms with Crippen molar-refractivity contribution in [3.63, 3.8) is 0 Å². The van der Waals surface area contributed by atoms with Gasteiger partial charge in [0.05, 0.1) is 36.5 Å². The summed E-state index contributed by atoms with van der Waals surface area (Å²) in [5.74, 6) is -0.0745. The van der Waals surface area contributed by atoms with Crippen molar-refractivity contribution in [2.45, 2.75) is 54.6 Å². The monoisotopic (exact) mass is 488 g/mol. The minimum atomic E-state index is -0.389. The van der Waals surface area contributed by atoms with Gasteiger partial charge in [-0.2, -0.15) is 0 Å². The Bertz CT molecular complexity index is 687. The Morgan fingerprint density at radius 1 is 1.21 bits per heavy atom. The molecule has 190 valence electrons. The zero-order valence-electron chi connectivity index (χ0n) is 21.4. The molecule has 1 atom stereocenters. The highest BCUT2D eigenvalue weighted by Crippen LogP contribution is 2.29. The van der Waals surface area contributed by atoms with E-state index in [0.717, 1.165) is 5.69 Å². The van der Waals surface area contributed by atoms with E-state index in [1.165, 1.54) is 12.0 Å². The highest BCUT2D eigenvalue weighted by atomic mass is 35.5. The van der Waals surface area contributed by atoms with Crippen molar-refractivity contribution in [1.82, 2.24) is 15.5 Å². The van der Waals surface area contributed by atoms with Gasteiger partial charge in [0.25, 0.3) is 0 Å². The summed E-state index contributed by atoms with van der Waals surface area (Å²) in [7, 11) is 2.85. The molecular weight excluding hydrogens is 448 g/mol. The number of esters is 1. The first-order valence-corrected chi connectivity index (χ1v) is 11.2. The maximum Gasteiger partial charge on any atom is 0.318 e. The maximum absolute atomic E-state index is 11.4. The van der Waals surface area contributed by atoms with Crippen LogP contribution in [-0.2, 0) is 14.3 Å². The number of urea groups is 1. The zero-order chi connectivity index (χ0) is 26.4. The number of ether oxygens (including phenoxy) is 2. The molecule has 9 nitrogen and oxygen atoms in total. The van der Waals surface area contributed by atoms with Gasteiger partial charge >= 0.3 is 12.0 Å². The van der Waals surface area contributed by atoms with E-state index in [-0.39, 0.29) is 37.2 Å². The lowest BCUT2D eigenvalue weighted by Crippen LogP contribution is -2.44. The number of methoxy groups -OCH3 is 1. The molecule has 0 aliphatic heterocycles. The lowest BCUT2D eigenvalue weighted by atomic mass is 10.2. The zero-order valence-corrected chi connectivity index (χ0v) is 22.2. The largest absolute Gasteiger partial charge is 0.489 e. The summed E-state index contributed by atoms with van der Waals surface area (Å²) in [6.45, 7) is 17.3. The van der Waals surface area contributed by atoms with E-state index in [2.05, 4.69) is 27.1 Å². The molecule has 1 rings (SSSR count). The molecule has 10 heteroatoms. The topological polar surface area (TPSA) is 109 Å². The van der Waals surface area contributed by atoms with Crippen molar-refractivity contribution in [2.75, 3.05) is 27.4 Å². The summed E-state index contributed by atoms with van der Waals surface area (Å²) >= 11 is 5.94. The van der Waals surface area contributed by atoms with Gasteiger partial charge in [-0.1, -0.05) is 46.2 Å². The molecule has 0 saturated heterocycles. The summed E-state index contributed by atoms with van der Waals surface area (Å²) in [6.07, 6.45) is 0.609. The Morgan fingerprint density at radius 2 is 1.79 bits per heavy atom. The molecule has 0 radical (unpaired) electrons. The molecule has 0 spiro atoms. The van der Waals surface area contributed by atoms with Crippen LogP contribution in [0.2, 0.25) is 5.02 Å². The van der Waals surface area contributed by atoms with Crippen LogP contribution in [0.5, 0.6) is 5.75 Å². The van der Waals surface area contributed by atoms with E-state index in [9.17, 15) is 14.4 Å². The van der Waals surface area contributed by atoms with Crippen molar-refractivity contribution >= 4 is 42.4 Å². The van der Waals surface area contributed by atoms with Crippen LogP contribution in [0.3, 0.4) is 0 Å². The number of rotatable bonds is 9. The number of aliphatic imine (C=N–C) groups is 1. The Labute approximate surface area is 203 Å². The smallest absolute Gasteiger partial charge is 0.318 e. The number of halogens is 1. The molecule has 1 aromatic carbocycles. The second-order valence-corrected chi connectivity index (χ2v) is 6.63. The molecule has 3 amide bonds. The van der Waals surface area contributed by atoms with E-state index in [1.807, 2.05) is 47.6 Å². The van der Waals surface area contributed by atoms with Gasteiger partial charge < -0.3 is 25.0 Å². The molecule has 0 aliphatic carbocycles. The molecule has 0 aromatic heterocycles. The van der Waals surface area contributed by atoms with Crippen molar-refractivity contribution in [3.05, 3.63) is 23.2 Å². The number of nitrogens with zero attached hydrogens (tertiary/aromatic N) is 2. The highest BCUT2D eigenvalue weighted by Gasteiger charge is 2.18. The number of nitrogens with one attached hydrogen (secondary N) is 2. The molecular formula is C23H41ClN4O5. The summed E-state index contributed by atoms with van der Waals surface area (Å²) < 4.78 is 9.99. The van der Waals surface area contributed by atoms with Crippen molar-refractivity contribution < 1.29 is 23.9 Å². The third-order valence-electron chi connectivity index (χ3n) is 3.38. The van der Waals surface area contributed by atoms with Gasteiger partial charge in [-0.25, -0.2) is 4.79 Å². The van der Waals surface area contributed by atoms with E-state index < -0.39 is 0 Å². The van der Waals surface area contributed by atoms with Gasteiger partial charge in [-0.15, -0.1) is 0 Å². The van der Waals surface area contributed by atoms with Gasteiger partial charge in [-0.05, 0) is 38.8 Å². The number of hydrogen-bond donors (Lipinski definition) is 2. The van der Waals surface area contributed by atoms with E-state index >= 15 is 0 Å². The fourth-order valence-electron chi connectivity index (χ4n) is 2.01. The minimum absolute atomic E-state index is 0.0548. The third kappa shape index (κ3) is 17.4.